The molecule has 1 unspecified atom stereocenters. The number of sulfonamides is 1. The number of carbonyl (C=O) groups is 4. The van der Waals surface area contributed by atoms with E-state index in [4.69, 9.17) is 16.9 Å². The lowest BCUT2D eigenvalue weighted by atomic mass is 9.98. The van der Waals surface area contributed by atoms with E-state index in [1.165, 1.54) is 24.3 Å². The number of nitrogens with one attached hydrogen (secondary N) is 4. The predicted octanol–water partition coefficient (Wildman–Crippen LogP) is 0.570. The summed E-state index contributed by atoms with van der Waals surface area (Å²) in [6, 6.07) is 9.73. The monoisotopic (exact) mass is 588 g/mol. The minimum Gasteiger partial charge on any atom is -0.478 e. The van der Waals surface area contributed by atoms with Crippen LogP contribution in [0.5, 0.6) is 0 Å². The first-order valence-electron chi connectivity index (χ1n) is 12.8. The fraction of sp³-hybridized carbons (Fsp3) is 0.370. The summed E-state index contributed by atoms with van der Waals surface area (Å²) in [5, 5.41) is 22.1. The van der Waals surface area contributed by atoms with Crippen LogP contribution in [0.1, 0.15) is 60.2 Å². The fourth-order valence-electron chi connectivity index (χ4n) is 3.89. The number of amidine groups is 1. The van der Waals surface area contributed by atoms with Gasteiger partial charge in [0.15, 0.2) is 0 Å². The van der Waals surface area contributed by atoms with Gasteiger partial charge in [0, 0.05) is 18.5 Å². The maximum absolute atomic E-state index is 13.3. The van der Waals surface area contributed by atoms with E-state index in [0.717, 1.165) is 0 Å². The number of hydrogen-bond donors (Lipinski definition) is 7. The lowest BCUT2D eigenvalue weighted by Gasteiger charge is -2.26. The number of carboxylic acid groups (broad SMARTS) is 1. The topological polar surface area (TPSA) is 235 Å². The Morgan fingerprint density at radius 3 is 2.20 bits per heavy atom. The molecule has 222 valence electrons. The number of aromatic carboxylic acids is 1. The van der Waals surface area contributed by atoms with Crippen LogP contribution in [-0.2, 0) is 36.7 Å². The predicted molar refractivity (Wildman–Crippen MR) is 152 cm³/mol. The molecule has 0 saturated carbocycles. The van der Waals surface area contributed by atoms with Gasteiger partial charge in [0.2, 0.25) is 27.7 Å². The molecule has 2 rings (SSSR count). The number of nitrogens with two attached hydrogens (primary N) is 2. The number of hydrogen-bond acceptors (Lipinski definition) is 7. The zero-order valence-corrected chi connectivity index (χ0v) is 23.7. The third kappa shape index (κ3) is 10.3. The molecule has 0 radical (unpaired) electrons. The Labute approximate surface area is 238 Å². The van der Waals surface area contributed by atoms with Crippen molar-refractivity contribution in [3.05, 3.63) is 70.8 Å². The van der Waals surface area contributed by atoms with Crippen LogP contribution >= 0.6 is 0 Å². The first-order chi connectivity index (χ1) is 19.2. The van der Waals surface area contributed by atoms with E-state index in [1.54, 1.807) is 38.1 Å². The quantitative estimate of drug-likeness (QED) is 0.108. The molecule has 0 saturated heterocycles. The van der Waals surface area contributed by atoms with Crippen molar-refractivity contribution in [1.82, 2.24) is 15.4 Å². The van der Waals surface area contributed by atoms with E-state index in [2.05, 4.69) is 15.4 Å². The summed E-state index contributed by atoms with van der Waals surface area (Å²) in [7, 11) is -4.20. The van der Waals surface area contributed by atoms with Crippen LogP contribution in [0, 0.1) is 11.3 Å². The zero-order chi connectivity index (χ0) is 30.7. The molecule has 3 amide bonds. The molecule has 0 heterocycles. The SMILES string of the molecule is CCC(C)[C@@H](NS(=O)(=O)Cc1ccccc1C(=O)O)C(=O)N[C@@H](CCC(N)=O)C(=O)NCc1ccc(C(=N)N)cc1. The molecule has 0 fully saturated rings. The highest BCUT2D eigenvalue weighted by atomic mass is 32.2. The van der Waals surface area contributed by atoms with Gasteiger partial charge in [-0.05, 0) is 29.5 Å². The van der Waals surface area contributed by atoms with Crippen molar-refractivity contribution in [2.24, 2.45) is 17.4 Å². The van der Waals surface area contributed by atoms with Gasteiger partial charge >= 0.3 is 5.97 Å². The molecular weight excluding hydrogens is 552 g/mol. The molecule has 2 aromatic rings. The van der Waals surface area contributed by atoms with Crippen LogP contribution in [0.2, 0.25) is 0 Å². The minimum absolute atomic E-state index is 0.0471. The van der Waals surface area contributed by atoms with Gasteiger partial charge < -0.3 is 27.2 Å². The Morgan fingerprint density at radius 2 is 1.63 bits per heavy atom. The molecule has 0 aliphatic carbocycles. The molecule has 14 heteroatoms. The number of amides is 3. The minimum atomic E-state index is -4.20. The molecule has 13 nitrogen and oxygen atoms in total. The van der Waals surface area contributed by atoms with Gasteiger partial charge in [-0.15, -0.1) is 0 Å². The third-order valence-electron chi connectivity index (χ3n) is 6.44. The van der Waals surface area contributed by atoms with Crippen LogP contribution in [0.4, 0.5) is 0 Å². The average Bonchev–Trinajstić information content (AvgIpc) is 2.92. The van der Waals surface area contributed by atoms with E-state index < -0.39 is 57.5 Å². The molecule has 0 aromatic heterocycles. The standard InChI is InChI=1S/C27H36N6O7S/c1-3-16(2)23(33-41(39,40)15-19-6-4-5-7-20(19)27(37)38)26(36)32-21(12-13-22(28)34)25(35)31-14-17-8-10-18(11-9-17)24(29)30/h4-11,16,21,23,33H,3,12-15H2,1-2H3,(H2,28,34)(H3,29,30)(H,31,35)(H,32,36)(H,37,38)/t16?,21-,23+/m0/s1. The summed E-state index contributed by atoms with van der Waals surface area (Å²) < 4.78 is 28.4. The van der Waals surface area contributed by atoms with Crippen LogP contribution in [-0.4, -0.2) is 55.1 Å². The van der Waals surface area contributed by atoms with Crippen molar-refractivity contribution in [2.45, 2.75) is 57.5 Å². The number of carbonyl (C=O) groups excluding carboxylic acids is 3. The van der Waals surface area contributed by atoms with Crippen LogP contribution in [0.25, 0.3) is 0 Å². The second-order valence-corrected chi connectivity index (χ2v) is 11.4. The van der Waals surface area contributed by atoms with E-state index >= 15 is 0 Å². The number of benzene rings is 2. The molecule has 9 N–H and O–H groups in total. The van der Waals surface area contributed by atoms with Crippen LogP contribution in [0.15, 0.2) is 48.5 Å². The van der Waals surface area contributed by atoms with Gasteiger partial charge in [0.05, 0.1) is 11.3 Å². The van der Waals surface area contributed by atoms with Crippen LogP contribution < -0.4 is 26.8 Å². The second kappa shape index (κ2) is 14.9. The fourth-order valence-corrected chi connectivity index (χ4v) is 5.36. The summed E-state index contributed by atoms with van der Waals surface area (Å²) >= 11 is 0. The molecule has 2 aromatic carbocycles. The zero-order valence-electron chi connectivity index (χ0n) is 22.8. The average molecular weight is 589 g/mol. The summed E-state index contributed by atoms with van der Waals surface area (Å²) in [5.74, 6) is -4.66. The third-order valence-corrected chi connectivity index (χ3v) is 7.74. The maximum atomic E-state index is 13.3. The number of primary amides is 1. The summed E-state index contributed by atoms with van der Waals surface area (Å²) in [6.07, 6.45) is 0.0697. The number of carboxylic acids is 1. The Hall–Kier alpha value is -4.30. The van der Waals surface area contributed by atoms with Gasteiger partial charge in [-0.3, -0.25) is 19.8 Å². The van der Waals surface area contributed by atoms with E-state index in [0.29, 0.717) is 17.5 Å². The van der Waals surface area contributed by atoms with E-state index in [9.17, 15) is 32.7 Å². The van der Waals surface area contributed by atoms with Gasteiger partial charge in [0.1, 0.15) is 17.9 Å². The molecule has 0 aliphatic heterocycles. The molecule has 0 spiro atoms. The molecule has 0 aliphatic rings. The number of rotatable bonds is 16. The van der Waals surface area contributed by atoms with Crippen molar-refractivity contribution in [3.8, 4) is 0 Å². The smallest absolute Gasteiger partial charge is 0.335 e. The van der Waals surface area contributed by atoms with Crippen molar-refractivity contribution in [2.75, 3.05) is 0 Å². The molecule has 0 bridgehead atoms. The second-order valence-electron chi connectivity index (χ2n) is 9.60. The summed E-state index contributed by atoms with van der Waals surface area (Å²) in [4.78, 5) is 49.3. The first kappa shape index (κ1) is 32.9. The molecule has 41 heavy (non-hydrogen) atoms. The van der Waals surface area contributed by atoms with Crippen molar-refractivity contribution >= 4 is 39.5 Å². The highest BCUT2D eigenvalue weighted by Crippen LogP contribution is 2.16. The van der Waals surface area contributed by atoms with E-state index in [1.807, 2.05) is 0 Å². The highest BCUT2D eigenvalue weighted by molar-refractivity contribution is 7.88. The van der Waals surface area contributed by atoms with Gasteiger partial charge in [-0.2, -0.15) is 0 Å². The lowest BCUT2D eigenvalue weighted by molar-refractivity contribution is -0.131. The van der Waals surface area contributed by atoms with Crippen molar-refractivity contribution < 1.29 is 32.7 Å². The first-order valence-corrected chi connectivity index (χ1v) is 14.5. The lowest BCUT2D eigenvalue weighted by Crippen LogP contribution is -2.55. The molecule has 3 atom stereocenters. The normalized spacial score (nSPS) is 13.4. The van der Waals surface area contributed by atoms with Crippen molar-refractivity contribution in [3.63, 3.8) is 0 Å². The largest absolute Gasteiger partial charge is 0.478 e. The summed E-state index contributed by atoms with van der Waals surface area (Å²) in [6.45, 7) is 3.49. The maximum Gasteiger partial charge on any atom is 0.335 e. The van der Waals surface area contributed by atoms with Gasteiger partial charge in [0.25, 0.3) is 0 Å². The van der Waals surface area contributed by atoms with Gasteiger partial charge in [-0.25, -0.2) is 17.9 Å². The van der Waals surface area contributed by atoms with Crippen molar-refractivity contribution in [1.29, 1.82) is 5.41 Å². The van der Waals surface area contributed by atoms with Crippen LogP contribution in [0.3, 0.4) is 0 Å². The summed E-state index contributed by atoms with van der Waals surface area (Å²) in [5.41, 5.74) is 11.8. The Bertz CT molecular complexity index is 1380. The highest BCUT2D eigenvalue weighted by Gasteiger charge is 2.32. The Kier molecular flexibility index (Phi) is 12.0. The van der Waals surface area contributed by atoms with E-state index in [-0.39, 0.29) is 36.3 Å². The Morgan fingerprint density at radius 1 is 1.00 bits per heavy atom. The number of nitrogen functional groups attached to an aromatic ring is 1. The van der Waals surface area contributed by atoms with Gasteiger partial charge in [-0.1, -0.05) is 62.7 Å². The molecular formula is C27H36N6O7S. The Balaban J connectivity index is 2.20.